The second kappa shape index (κ2) is 21.4. The molecule has 0 amide bonds. The summed E-state index contributed by atoms with van der Waals surface area (Å²) in [7, 11) is 0. The monoisotopic (exact) mass is 586 g/mol. The highest BCUT2D eigenvalue weighted by Crippen LogP contribution is 2.24. The number of imidazole rings is 1. The van der Waals surface area contributed by atoms with E-state index in [1.165, 1.54) is 132 Å². The van der Waals surface area contributed by atoms with Gasteiger partial charge in [-0.05, 0) is 43.7 Å². The molecular formula is C41H65N2+. The Morgan fingerprint density at radius 3 is 1.53 bits per heavy atom. The highest BCUT2D eigenvalue weighted by Gasteiger charge is 2.26. The average Bonchev–Trinajstić information content (AvgIpc) is 3.35. The van der Waals surface area contributed by atoms with Crippen LogP contribution in [0.3, 0.4) is 0 Å². The summed E-state index contributed by atoms with van der Waals surface area (Å²) in [6.07, 6.45) is 28.8. The zero-order valence-corrected chi connectivity index (χ0v) is 28.5. The minimum Gasteiger partial charge on any atom is -0.234 e. The quantitative estimate of drug-likeness (QED) is 0.0730. The van der Waals surface area contributed by atoms with Crippen molar-refractivity contribution in [3.63, 3.8) is 0 Å². The standard InChI is InChI=1S/C41H65N2/c1-5-6-7-8-9-10-11-12-13-14-15-16-17-18-19-20-27-32-42-35-40(33-37(4)39-30-25-22-26-31-39)43(36(2)3)41(42)34-38-28-23-21-24-29-38/h21-26,28-31,35-37H,5-20,27,32-34H2,1-4H3/q+1. The number of benzene rings is 2. The van der Waals surface area contributed by atoms with Crippen LogP contribution in [0.4, 0.5) is 0 Å². The summed E-state index contributed by atoms with van der Waals surface area (Å²) in [5.74, 6) is 1.97. The molecule has 2 aromatic carbocycles. The first-order valence-electron chi connectivity index (χ1n) is 18.3. The zero-order chi connectivity index (χ0) is 30.5. The van der Waals surface area contributed by atoms with Gasteiger partial charge in [0.2, 0.25) is 0 Å². The summed E-state index contributed by atoms with van der Waals surface area (Å²) in [4.78, 5) is 0. The molecular weight excluding hydrogens is 520 g/mol. The van der Waals surface area contributed by atoms with Gasteiger partial charge in [0.05, 0.1) is 19.0 Å². The molecule has 0 aliphatic rings. The molecule has 0 spiro atoms. The predicted octanol–water partition coefficient (Wildman–Crippen LogP) is 11.9. The van der Waals surface area contributed by atoms with Gasteiger partial charge in [-0.25, -0.2) is 9.13 Å². The van der Waals surface area contributed by atoms with E-state index in [0.29, 0.717) is 12.0 Å². The second-order valence-electron chi connectivity index (χ2n) is 13.5. The predicted molar refractivity (Wildman–Crippen MR) is 187 cm³/mol. The molecule has 0 bridgehead atoms. The minimum absolute atomic E-state index is 0.452. The van der Waals surface area contributed by atoms with Crippen molar-refractivity contribution < 1.29 is 4.57 Å². The smallest absolute Gasteiger partial charge is 0.234 e. The van der Waals surface area contributed by atoms with Crippen LogP contribution >= 0.6 is 0 Å². The molecule has 0 saturated carbocycles. The molecule has 2 heteroatoms. The molecule has 1 aromatic heterocycles. The first kappa shape index (κ1) is 35.1. The summed E-state index contributed by atoms with van der Waals surface area (Å²) in [5, 5.41) is 0. The second-order valence-corrected chi connectivity index (χ2v) is 13.5. The van der Waals surface area contributed by atoms with E-state index in [9.17, 15) is 0 Å². The van der Waals surface area contributed by atoms with Gasteiger partial charge in [0.25, 0.3) is 5.82 Å². The SMILES string of the molecule is CCCCCCCCCCCCCCCCCCC[n+]1cc(CC(C)c2ccccc2)n(C(C)C)c1Cc1ccccc1. The van der Waals surface area contributed by atoms with Gasteiger partial charge in [0, 0.05) is 6.42 Å². The van der Waals surface area contributed by atoms with Crippen molar-refractivity contribution in [2.45, 2.75) is 168 Å². The molecule has 0 aliphatic carbocycles. The molecule has 0 fully saturated rings. The largest absolute Gasteiger partial charge is 0.261 e. The van der Waals surface area contributed by atoms with Crippen LogP contribution in [0.1, 0.15) is 171 Å². The molecule has 2 nitrogen and oxygen atoms in total. The maximum Gasteiger partial charge on any atom is 0.261 e. The molecule has 1 heterocycles. The van der Waals surface area contributed by atoms with Crippen LogP contribution in [0.15, 0.2) is 66.9 Å². The summed E-state index contributed by atoms with van der Waals surface area (Å²) in [5.41, 5.74) is 4.31. The third-order valence-corrected chi connectivity index (χ3v) is 9.33. The Hall–Kier alpha value is -2.35. The number of hydrogen-bond acceptors (Lipinski definition) is 0. The van der Waals surface area contributed by atoms with E-state index in [0.717, 1.165) is 19.4 Å². The third kappa shape index (κ3) is 13.4. The molecule has 3 aromatic rings. The molecule has 0 N–H and O–H groups in total. The van der Waals surface area contributed by atoms with Gasteiger partial charge in [0.15, 0.2) is 0 Å². The fourth-order valence-corrected chi connectivity index (χ4v) is 6.78. The molecule has 0 radical (unpaired) electrons. The van der Waals surface area contributed by atoms with E-state index in [4.69, 9.17) is 0 Å². The molecule has 238 valence electrons. The van der Waals surface area contributed by atoms with Gasteiger partial charge < -0.3 is 0 Å². The lowest BCUT2D eigenvalue weighted by Gasteiger charge is -2.13. The number of nitrogens with zero attached hydrogens (tertiary/aromatic N) is 2. The highest BCUT2D eigenvalue weighted by molar-refractivity contribution is 5.22. The normalized spacial score (nSPS) is 12.3. The molecule has 0 aliphatic heterocycles. The van der Waals surface area contributed by atoms with Crippen molar-refractivity contribution >= 4 is 0 Å². The number of rotatable bonds is 24. The molecule has 1 atom stereocenters. The van der Waals surface area contributed by atoms with Crippen LogP contribution in [0.25, 0.3) is 0 Å². The molecule has 0 saturated heterocycles. The van der Waals surface area contributed by atoms with Crippen molar-refractivity contribution in [2.24, 2.45) is 0 Å². The number of aromatic nitrogens is 2. The van der Waals surface area contributed by atoms with Crippen LogP contribution in [-0.2, 0) is 19.4 Å². The minimum atomic E-state index is 0.452. The number of unbranched alkanes of at least 4 members (excludes halogenated alkanes) is 16. The van der Waals surface area contributed by atoms with E-state index in [1.54, 1.807) is 0 Å². The van der Waals surface area contributed by atoms with E-state index in [-0.39, 0.29) is 0 Å². The molecule has 43 heavy (non-hydrogen) atoms. The van der Waals surface area contributed by atoms with Crippen molar-refractivity contribution in [2.75, 3.05) is 0 Å². The molecule has 3 rings (SSSR count). The van der Waals surface area contributed by atoms with Crippen LogP contribution < -0.4 is 4.57 Å². The number of hydrogen-bond donors (Lipinski definition) is 0. The molecule has 1 unspecified atom stereocenters. The van der Waals surface area contributed by atoms with E-state index in [1.807, 2.05) is 0 Å². The fourth-order valence-electron chi connectivity index (χ4n) is 6.78. The van der Waals surface area contributed by atoms with Gasteiger partial charge in [-0.1, -0.05) is 171 Å². The topological polar surface area (TPSA) is 8.81 Å². The lowest BCUT2D eigenvalue weighted by Crippen LogP contribution is -2.37. The Bertz CT molecular complexity index is 1080. The fraction of sp³-hybridized carbons (Fsp3) is 0.634. The Labute approximate surface area is 266 Å². The van der Waals surface area contributed by atoms with Crippen molar-refractivity contribution in [3.05, 3.63) is 89.5 Å². The van der Waals surface area contributed by atoms with Gasteiger partial charge in [-0.2, -0.15) is 0 Å². The first-order valence-corrected chi connectivity index (χ1v) is 18.3. The van der Waals surface area contributed by atoms with Crippen LogP contribution in [0.5, 0.6) is 0 Å². The highest BCUT2D eigenvalue weighted by atomic mass is 15.2. The average molecular weight is 586 g/mol. The summed E-state index contributed by atoms with van der Waals surface area (Å²) in [6.45, 7) is 10.5. The van der Waals surface area contributed by atoms with Gasteiger partial charge >= 0.3 is 0 Å². The van der Waals surface area contributed by atoms with E-state index in [2.05, 4.69) is 104 Å². The van der Waals surface area contributed by atoms with Gasteiger partial charge in [-0.3, -0.25) is 0 Å². The third-order valence-electron chi connectivity index (χ3n) is 9.33. The first-order chi connectivity index (χ1) is 21.1. The summed E-state index contributed by atoms with van der Waals surface area (Å²) in [6, 6.07) is 22.5. The van der Waals surface area contributed by atoms with Crippen molar-refractivity contribution in [1.29, 1.82) is 0 Å². The Balaban J connectivity index is 1.41. The van der Waals surface area contributed by atoms with E-state index >= 15 is 0 Å². The van der Waals surface area contributed by atoms with Gasteiger partial charge in [-0.15, -0.1) is 0 Å². The van der Waals surface area contributed by atoms with Gasteiger partial charge in [0.1, 0.15) is 11.9 Å². The Kier molecular flexibility index (Phi) is 17.5. The lowest BCUT2D eigenvalue weighted by molar-refractivity contribution is -0.704. The summed E-state index contributed by atoms with van der Waals surface area (Å²) >= 11 is 0. The Morgan fingerprint density at radius 2 is 1.05 bits per heavy atom. The van der Waals surface area contributed by atoms with Crippen LogP contribution in [-0.4, -0.2) is 4.57 Å². The van der Waals surface area contributed by atoms with Crippen molar-refractivity contribution in [3.8, 4) is 0 Å². The maximum atomic E-state index is 2.64. The number of aryl methyl sites for hydroxylation is 1. The lowest BCUT2D eigenvalue weighted by atomic mass is 9.96. The summed E-state index contributed by atoms with van der Waals surface area (Å²) < 4.78 is 5.24. The zero-order valence-electron chi connectivity index (χ0n) is 28.5. The van der Waals surface area contributed by atoms with Crippen LogP contribution in [0.2, 0.25) is 0 Å². The Morgan fingerprint density at radius 1 is 0.581 bits per heavy atom. The van der Waals surface area contributed by atoms with Crippen molar-refractivity contribution in [1.82, 2.24) is 4.57 Å². The van der Waals surface area contributed by atoms with E-state index < -0.39 is 0 Å². The maximum absolute atomic E-state index is 2.64. The van der Waals surface area contributed by atoms with Crippen LogP contribution in [0, 0.1) is 0 Å².